The SMILES string of the molecule is O=C1CCCN1/N=C(\Cc1ccnc2ccc(Br)cc12)c1ccccn1. The Bertz CT molecular complexity index is 988. The van der Waals surface area contributed by atoms with Crippen molar-refractivity contribution >= 4 is 38.5 Å². The Hall–Kier alpha value is -2.60. The number of nitrogens with zero attached hydrogens (tertiary/aromatic N) is 4. The topological polar surface area (TPSA) is 58.5 Å². The number of rotatable bonds is 4. The average Bonchev–Trinajstić information content (AvgIpc) is 3.07. The lowest BCUT2D eigenvalue weighted by molar-refractivity contribution is -0.127. The standard InChI is InChI=1S/C20H17BrN4O/c21-15-6-7-17-16(13-15)14(8-10-23-17)12-19(18-4-1-2-9-22-18)24-25-11-3-5-20(25)26/h1-2,4,6-10,13H,3,5,11-12H2/b24-19+. The zero-order chi connectivity index (χ0) is 17.9. The largest absolute Gasteiger partial charge is 0.273 e. The van der Waals surface area contributed by atoms with Gasteiger partial charge in [0.05, 0.1) is 16.9 Å². The van der Waals surface area contributed by atoms with Crippen molar-refractivity contribution in [1.29, 1.82) is 0 Å². The van der Waals surface area contributed by atoms with Gasteiger partial charge in [-0.15, -0.1) is 0 Å². The van der Waals surface area contributed by atoms with Crippen LogP contribution in [0.2, 0.25) is 0 Å². The van der Waals surface area contributed by atoms with E-state index in [1.807, 2.05) is 42.6 Å². The molecule has 2 aromatic heterocycles. The molecule has 1 aliphatic heterocycles. The van der Waals surface area contributed by atoms with Gasteiger partial charge in [-0.3, -0.25) is 14.8 Å². The first-order chi connectivity index (χ1) is 12.7. The van der Waals surface area contributed by atoms with Crippen molar-refractivity contribution in [2.75, 3.05) is 6.54 Å². The van der Waals surface area contributed by atoms with E-state index in [4.69, 9.17) is 0 Å². The molecule has 26 heavy (non-hydrogen) atoms. The number of pyridine rings is 2. The molecule has 0 bridgehead atoms. The van der Waals surface area contributed by atoms with Crippen LogP contribution < -0.4 is 0 Å². The number of carbonyl (C=O) groups is 1. The second kappa shape index (κ2) is 7.33. The van der Waals surface area contributed by atoms with Crippen LogP contribution >= 0.6 is 15.9 Å². The lowest BCUT2D eigenvalue weighted by Gasteiger charge is -2.14. The fourth-order valence-electron chi connectivity index (χ4n) is 3.11. The first kappa shape index (κ1) is 16.8. The molecule has 130 valence electrons. The highest BCUT2D eigenvalue weighted by Crippen LogP contribution is 2.23. The Kier molecular flexibility index (Phi) is 4.75. The zero-order valence-corrected chi connectivity index (χ0v) is 15.7. The van der Waals surface area contributed by atoms with Crippen molar-refractivity contribution in [3.63, 3.8) is 0 Å². The van der Waals surface area contributed by atoms with E-state index >= 15 is 0 Å². The summed E-state index contributed by atoms with van der Waals surface area (Å²) >= 11 is 3.53. The van der Waals surface area contributed by atoms with E-state index in [0.29, 0.717) is 19.4 Å². The van der Waals surface area contributed by atoms with Crippen LogP contribution in [0.1, 0.15) is 24.1 Å². The summed E-state index contributed by atoms with van der Waals surface area (Å²) in [6, 6.07) is 13.8. The lowest BCUT2D eigenvalue weighted by Crippen LogP contribution is -2.22. The van der Waals surface area contributed by atoms with E-state index in [1.165, 1.54) is 0 Å². The van der Waals surface area contributed by atoms with Gasteiger partial charge in [-0.2, -0.15) is 5.10 Å². The molecular formula is C20H17BrN4O. The van der Waals surface area contributed by atoms with Crippen LogP contribution in [0.5, 0.6) is 0 Å². The highest BCUT2D eigenvalue weighted by atomic mass is 79.9. The Morgan fingerprint density at radius 2 is 2.08 bits per heavy atom. The molecule has 1 aromatic carbocycles. The lowest BCUT2D eigenvalue weighted by atomic mass is 10.0. The maximum atomic E-state index is 12.0. The van der Waals surface area contributed by atoms with Gasteiger partial charge in [0, 0.05) is 41.6 Å². The van der Waals surface area contributed by atoms with E-state index in [1.54, 1.807) is 11.2 Å². The van der Waals surface area contributed by atoms with Crippen LogP contribution in [0.4, 0.5) is 0 Å². The Labute approximate surface area is 159 Å². The van der Waals surface area contributed by atoms with Crippen molar-refractivity contribution in [3.8, 4) is 0 Å². The van der Waals surface area contributed by atoms with Gasteiger partial charge >= 0.3 is 0 Å². The number of aromatic nitrogens is 2. The van der Waals surface area contributed by atoms with Crippen molar-refractivity contribution in [2.45, 2.75) is 19.3 Å². The van der Waals surface area contributed by atoms with Gasteiger partial charge in [-0.05, 0) is 48.4 Å². The summed E-state index contributed by atoms with van der Waals surface area (Å²) in [5, 5.41) is 7.30. The zero-order valence-electron chi connectivity index (χ0n) is 14.1. The fraction of sp³-hybridized carbons (Fsp3) is 0.200. The van der Waals surface area contributed by atoms with Gasteiger partial charge in [0.1, 0.15) is 0 Å². The van der Waals surface area contributed by atoms with Gasteiger partial charge < -0.3 is 0 Å². The third kappa shape index (κ3) is 3.51. The molecule has 0 atom stereocenters. The first-order valence-electron chi connectivity index (χ1n) is 8.53. The van der Waals surface area contributed by atoms with Crippen LogP contribution in [0.25, 0.3) is 10.9 Å². The number of carbonyl (C=O) groups excluding carboxylic acids is 1. The molecule has 0 spiro atoms. The molecule has 5 nitrogen and oxygen atoms in total. The van der Waals surface area contributed by atoms with Crippen LogP contribution in [-0.4, -0.2) is 33.1 Å². The van der Waals surface area contributed by atoms with Crippen LogP contribution in [-0.2, 0) is 11.2 Å². The summed E-state index contributed by atoms with van der Waals surface area (Å²) in [6.07, 6.45) is 5.55. The molecule has 1 fully saturated rings. The van der Waals surface area contributed by atoms with Gasteiger partial charge in [-0.25, -0.2) is 5.01 Å². The number of benzene rings is 1. The molecule has 0 N–H and O–H groups in total. The summed E-state index contributed by atoms with van der Waals surface area (Å²) in [6.45, 7) is 0.664. The normalized spacial score (nSPS) is 15.0. The number of halogens is 1. The van der Waals surface area contributed by atoms with Crippen LogP contribution in [0, 0.1) is 0 Å². The average molecular weight is 409 g/mol. The smallest absolute Gasteiger partial charge is 0.242 e. The minimum absolute atomic E-state index is 0.0701. The Balaban J connectivity index is 1.77. The van der Waals surface area contributed by atoms with Crippen molar-refractivity contribution in [1.82, 2.24) is 15.0 Å². The number of amides is 1. The second-order valence-corrected chi connectivity index (χ2v) is 7.11. The van der Waals surface area contributed by atoms with Crippen molar-refractivity contribution < 1.29 is 4.79 Å². The molecule has 1 saturated heterocycles. The van der Waals surface area contributed by atoms with E-state index < -0.39 is 0 Å². The van der Waals surface area contributed by atoms with Gasteiger partial charge in [0.15, 0.2) is 0 Å². The summed E-state index contributed by atoms with van der Waals surface area (Å²) in [4.78, 5) is 20.9. The van der Waals surface area contributed by atoms with E-state index in [0.717, 1.165) is 38.8 Å². The molecule has 1 aliphatic rings. The Morgan fingerprint density at radius 1 is 1.15 bits per heavy atom. The monoisotopic (exact) mass is 408 g/mol. The molecule has 6 heteroatoms. The molecule has 4 rings (SSSR count). The Morgan fingerprint density at radius 3 is 2.85 bits per heavy atom. The minimum Gasteiger partial charge on any atom is -0.273 e. The molecule has 3 heterocycles. The minimum atomic E-state index is 0.0701. The molecule has 0 saturated carbocycles. The molecular weight excluding hydrogens is 392 g/mol. The molecule has 0 aliphatic carbocycles. The quantitative estimate of drug-likeness (QED) is 0.613. The molecule has 0 unspecified atom stereocenters. The highest BCUT2D eigenvalue weighted by Gasteiger charge is 2.21. The van der Waals surface area contributed by atoms with Crippen molar-refractivity contribution in [3.05, 3.63) is 70.6 Å². The van der Waals surface area contributed by atoms with Gasteiger partial charge in [-0.1, -0.05) is 22.0 Å². The predicted octanol–water partition coefficient (Wildman–Crippen LogP) is 3.96. The maximum Gasteiger partial charge on any atom is 0.242 e. The second-order valence-electron chi connectivity index (χ2n) is 6.19. The summed E-state index contributed by atoms with van der Waals surface area (Å²) in [5.41, 5.74) is 3.61. The van der Waals surface area contributed by atoms with E-state index in [2.05, 4.69) is 37.1 Å². The van der Waals surface area contributed by atoms with Crippen molar-refractivity contribution in [2.24, 2.45) is 5.10 Å². The van der Waals surface area contributed by atoms with Crippen LogP contribution in [0.3, 0.4) is 0 Å². The van der Waals surface area contributed by atoms with E-state index in [-0.39, 0.29) is 5.91 Å². The third-order valence-corrected chi connectivity index (χ3v) is 4.90. The number of fused-ring (bicyclic) bond motifs is 1. The third-order valence-electron chi connectivity index (χ3n) is 4.40. The first-order valence-corrected chi connectivity index (χ1v) is 9.32. The predicted molar refractivity (Wildman–Crippen MR) is 105 cm³/mol. The summed E-state index contributed by atoms with van der Waals surface area (Å²) in [7, 11) is 0. The van der Waals surface area contributed by atoms with Crippen LogP contribution in [0.15, 0.2) is 64.4 Å². The number of hydrogen-bond acceptors (Lipinski definition) is 4. The number of hydrogen-bond donors (Lipinski definition) is 0. The van der Waals surface area contributed by atoms with Gasteiger partial charge in [0.2, 0.25) is 5.91 Å². The molecule has 1 amide bonds. The summed E-state index contributed by atoms with van der Waals surface area (Å²) in [5.74, 6) is 0.0701. The maximum absolute atomic E-state index is 12.0. The number of hydrazone groups is 1. The van der Waals surface area contributed by atoms with Gasteiger partial charge in [0.25, 0.3) is 0 Å². The highest BCUT2D eigenvalue weighted by molar-refractivity contribution is 9.10. The summed E-state index contributed by atoms with van der Waals surface area (Å²) < 4.78 is 1.00. The fourth-order valence-corrected chi connectivity index (χ4v) is 3.47. The molecule has 3 aromatic rings. The van der Waals surface area contributed by atoms with E-state index in [9.17, 15) is 4.79 Å². The molecule has 0 radical (unpaired) electrons.